The number of hydrogen-bond donors (Lipinski definition) is 1. The third-order valence-electron chi connectivity index (χ3n) is 2.95. The number of nitrogens with one attached hydrogen (secondary N) is 1. The van der Waals surface area contributed by atoms with Crippen LogP contribution in [-0.2, 0) is 6.54 Å². The lowest BCUT2D eigenvalue weighted by Crippen LogP contribution is -2.28. The van der Waals surface area contributed by atoms with Crippen molar-refractivity contribution in [2.24, 2.45) is 0 Å². The lowest BCUT2D eigenvalue weighted by atomic mass is 10.2. The van der Waals surface area contributed by atoms with Crippen molar-refractivity contribution in [3.05, 3.63) is 26.6 Å². The minimum Gasteiger partial charge on any atom is -0.492 e. The lowest BCUT2D eigenvalue weighted by Gasteiger charge is -2.21. The molecule has 0 radical (unpaired) electrons. The Kier molecular flexibility index (Phi) is 7.59. The Morgan fingerprint density at radius 1 is 1.35 bits per heavy atom. The fourth-order valence-corrected chi connectivity index (χ4v) is 6.15. The first-order valence-corrected chi connectivity index (χ1v) is 10.5. The SMILES string of the molecule is CCOc1c(Br)cc(Br)cc1CNCC1CSCCS1. The first kappa shape index (κ1) is 17.0. The van der Waals surface area contributed by atoms with Gasteiger partial charge >= 0.3 is 0 Å². The molecule has 112 valence electrons. The average molecular weight is 441 g/mol. The van der Waals surface area contributed by atoms with Crippen LogP contribution in [0.15, 0.2) is 21.1 Å². The Hall–Kier alpha value is 0.640. The van der Waals surface area contributed by atoms with Crippen LogP contribution in [0.25, 0.3) is 0 Å². The molecule has 1 aromatic carbocycles. The fourth-order valence-electron chi connectivity index (χ4n) is 2.07. The van der Waals surface area contributed by atoms with Crippen molar-refractivity contribution in [3.63, 3.8) is 0 Å². The molecular weight excluding hydrogens is 422 g/mol. The van der Waals surface area contributed by atoms with Crippen LogP contribution in [0.2, 0.25) is 0 Å². The molecule has 1 atom stereocenters. The Bertz CT molecular complexity index is 439. The number of benzene rings is 1. The van der Waals surface area contributed by atoms with E-state index >= 15 is 0 Å². The molecule has 1 aliphatic rings. The molecule has 2 rings (SSSR count). The highest BCUT2D eigenvalue weighted by molar-refractivity contribution is 9.11. The van der Waals surface area contributed by atoms with E-state index in [1.807, 2.05) is 13.0 Å². The summed E-state index contributed by atoms with van der Waals surface area (Å²) in [5.41, 5.74) is 1.20. The predicted octanol–water partition coefficient (Wildman–Crippen LogP) is 4.55. The van der Waals surface area contributed by atoms with Gasteiger partial charge in [-0.25, -0.2) is 0 Å². The molecule has 0 spiro atoms. The van der Waals surface area contributed by atoms with Crippen molar-refractivity contribution in [3.8, 4) is 5.75 Å². The number of ether oxygens (including phenoxy) is 1. The standard InChI is InChI=1S/C14H19Br2NOS2/c1-2-18-14-10(5-11(15)6-13(14)16)7-17-8-12-9-19-3-4-20-12/h5-6,12,17H,2-4,7-9H2,1H3. The molecular formula is C14H19Br2NOS2. The van der Waals surface area contributed by atoms with Crippen molar-refractivity contribution < 1.29 is 4.74 Å². The van der Waals surface area contributed by atoms with Gasteiger partial charge in [0.25, 0.3) is 0 Å². The zero-order valence-electron chi connectivity index (χ0n) is 11.5. The second kappa shape index (κ2) is 8.93. The molecule has 1 unspecified atom stereocenters. The maximum atomic E-state index is 5.75. The Morgan fingerprint density at radius 3 is 2.90 bits per heavy atom. The summed E-state index contributed by atoms with van der Waals surface area (Å²) < 4.78 is 7.83. The minimum atomic E-state index is 0.683. The predicted molar refractivity (Wildman–Crippen MR) is 98.3 cm³/mol. The van der Waals surface area contributed by atoms with Gasteiger partial charge in [-0.3, -0.25) is 0 Å². The summed E-state index contributed by atoms with van der Waals surface area (Å²) in [6, 6.07) is 4.16. The molecule has 0 amide bonds. The van der Waals surface area contributed by atoms with Gasteiger partial charge in [0.15, 0.2) is 0 Å². The number of rotatable bonds is 6. The molecule has 1 saturated heterocycles. The van der Waals surface area contributed by atoms with Crippen LogP contribution in [-0.4, -0.2) is 35.7 Å². The number of thioether (sulfide) groups is 2. The van der Waals surface area contributed by atoms with E-state index in [9.17, 15) is 0 Å². The maximum Gasteiger partial charge on any atom is 0.138 e. The second-order valence-corrected chi connectivity index (χ2v) is 8.84. The smallest absolute Gasteiger partial charge is 0.138 e. The van der Waals surface area contributed by atoms with Crippen LogP contribution >= 0.6 is 55.4 Å². The van der Waals surface area contributed by atoms with Crippen LogP contribution in [0.3, 0.4) is 0 Å². The molecule has 0 saturated carbocycles. The molecule has 0 aliphatic carbocycles. The fraction of sp³-hybridized carbons (Fsp3) is 0.571. The van der Waals surface area contributed by atoms with Gasteiger partial charge in [-0.1, -0.05) is 15.9 Å². The van der Waals surface area contributed by atoms with Crippen LogP contribution in [0, 0.1) is 0 Å². The van der Waals surface area contributed by atoms with Gasteiger partial charge in [0.05, 0.1) is 11.1 Å². The van der Waals surface area contributed by atoms with Crippen LogP contribution in [0.4, 0.5) is 0 Å². The second-order valence-electron chi connectivity index (χ2n) is 4.51. The minimum absolute atomic E-state index is 0.683. The highest BCUT2D eigenvalue weighted by Crippen LogP contribution is 2.33. The molecule has 1 aromatic rings. The summed E-state index contributed by atoms with van der Waals surface area (Å²) in [5, 5.41) is 4.30. The van der Waals surface area contributed by atoms with E-state index in [2.05, 4.69) is 66.8 Å². The van der Waals surface area contributed by atoms with Crippen molar-refractivity contribution >= 4 is 55.4 Å². The summed E-state index contributed by atoms with van der Waals surface area (Å²) in [6.07, 6.45) is 0. The lowest BCUT2D eigenvalue weighted by molar-refractivity contribution is 0.333. The third kappa shape index (κ3) is 5.13. The topological polar surface area (TPSA) is 21.3 Å². The zero-order valence-corrected chi connectivity index (χ0v) is 16.3. The highest BCUT2D eigenvalue weighted by atomic mass is 79.9. The van der Waals surface area contributed by atoms with Gasteiger partial charge < -0.3 is 10.1 Å². The van der Waals surface area contributed by atoms with E-state index in [1.54, 1.807) is 0 Å². The normalized spacial score (nSPS) is 19.1. The van der Waals surface area contributed by atoms with Gasteiger partial charge in [-0.05, 0) is 35.0 Å². The summed E-state index contributed by atoms with van der Waals surface area (Å²) in [4.78, 5) is 0. The Labute approximate surface area is 146 Å². The molecule has 2 nitrogen and oxygen atoms in total. The Balaban J connectivity index is 1.93. The first-order chi connectivity index (χ1) is 9.70. The molecule has 20 heavy (non-hydrogen) atoms. The molecule has 1 heterocycles. The number of halogens is 2. The highest BCUT2D eigenvalue weighted by Gasteiger charge is 2.15. The van der Waals surface area contributed by atoms with Gasteiger partial charge in [0, 0.05) is 45.6 Å². The van der Waals surface area contributed by atoms with Crippen LogP contribution < -0.4 is 10.1 Å². The molecule has 1 N–H and O–H groups in total. The van der Waals surface area contributed by atoms with E-state index in [1.165, 1.54) is 22.8 Å². The number of hydrogen-bond acceptors (Lipinski definition) is 4. The van der Waals surface area contributed by atoms with Crippen molar-refractivity contribution in [1.29, 1.82) is 0 Å². The summed E-state index contributed by atoms with van der Waals surface area (Å²) in [5.74, 6) is 4.80. The summed E-state index contributed by atoms with van der Waals surface area (Å²) in [7, 11) is 0. The molecule has 6 heteroatoms. The zero-order chi connectivity index (χ0) is 14.4. The maximum absolute atomic E-state index is 5.75. The average Bonchev–Trinajstić information content (AvgIpc) is 2.43. The summed E-state index contributed by atoms with van der Waals surface area (Å²) in [6.45, 7) is 4.60. The summed E-state index contributed by atoms with van der Waals surface area (Å²) >= 11 is 11.3. The van der Waals surface area contributed by atoms with E-state index in [-0.39, 0.29) is 0 Å². The van der Waals surface area contributed by atoms with Gasteiger partial charge in [-0.15, -0.1) is 0 Å². The van der Waals surface area contributed by atoms with E-state index in [0.29, 0.717) is 6.61 Å². The first-order valence-electron chi connectivity index (χ1n) is 6.71. The van der Waals surface area contributed by atoms with Gasteiger partial charge in [-0.2, -0.15) is 23.5 Å². The van der Waals surface area contributed by atoms with E-state index in [4.69, 9.17) is 4.74 Å². The Morgan fingerprint density at radius 2 is 2.20 bits per heavy atom. The molecule has 0 aromatic heterocycles. The molecule has 0 bridgehead atoms. The van der Waals surface area contributed by atoms with Crippen LogP contribution in [0.5, 0.6) is 5.75 Å². The van der Waals surface area contributed by atoms with E-state index < -0.39 is 0 Å². The van der Waals surface area contributed by atoms with Crippen molar-refractivity contribution in [2.75, 3.05) is 30.4 Å². The third-order valence-corrected chi connectivity index (χ3v) is 6.84. The molecule has 1 fully saturated rings. The van der Waals surface area contributed by atoms with Crippen LogP contribution in [0.1, 0.15) is 12.5 Å². The van der Waals surface area contributed by atoms with Gasteiger partial charge in [0.2, 0.25) is 0 Å². The molecule has 1 aliphatic heterocycles. The van der Waals surface area contributed by atoms with E-state index in [0.717, 1.165) is 33.0 Å². The largest absolute Gasteiger partial charge is 0.492 e. The quantitative estimate of drug-likeness (QED) is 0.700. The van der Waals surface area contributed by atoms with Gasteiger partial charge in [0.1, 0.15) is 5.75 Å². The van der Waals surface area contributed by atoms with Crippen molar-refractivity contribution in [2.45, 2.75) is 18.7 Å². The monoisotopic (exact) mass is 439 g/mol. The van der Waals surface area contributed by atoms with Crippen molar-refractivity contribution in [1.82, 2.24) is 5.32 Å².